The lowest BCUT2D eigenvalue weighted by Crippen LogP contribution is -1.93. The van der Waals surface area contributed by atoms with Gasteiger partial charge in [-0.3, -0.25) is 0 Å². The van der Waals surface area contributed by atoms with Gasteiger partial charge in [0, 0.05) is 43.6 Å². The summed E-state index contributed by atoms with van der Waals surface area (Å²) in [6.45, 7) is 0. The quantitative estimate of drug-likeness (QED) is 0.193. The monoisotopic (exact) mass is 585 g/mol. The van der Waals surface area contributed by atoms with E-state index in [0.717, 1.165) is 71.9 Å². The average Bonchev–Trinajstić information content (AvgIpc) is 3.14. The van der Waals surface area contributed by atoms with Crippen molar-refractivity contribution in [3.8, 4) is 44.9 Å². The molecule has 0 bridgehead atoms. The van der Waals surface area contributed by atoms with Crippen LogP contribution in [0.15, 0.2) is 164 Å². The number of hydrogen-bond acceptors (Lipinski definition) is 3. The molecular weight excluding hydrogens is 558 g/mol. The molecule has 0 amide bonds. The molecule has 9 aromatic rings. The van der Waals surface area contributed by atoms with Gasteiger partial charge in [0.15, 0.2) is 0 Å². The lowest BCUT2D eigenvalue weighted by molar-refractivity contribution is 1.36. The van der Waals surface area contributed by atoms with Crippen LogP contribution < -0.4 is 0 Å². The highest BCUT2D eigenvalue weighted by Gasteiger charge is 2.15. The van der Waals surface area contributed by atoms with E-state index in [1.807, 2.05) is 18.2 Å². The fourth-order valence-electron chi connectivity index (χ4n) is 6.61. The highest BCUT2D eigenvalue weighted by molar-refractivity contribution is 6.17. The lowest BCUT2D eigenvalue weighted by Gasteiger charge is -2.15. The van der Waals surface area contributed by atoms with Crippen LogP contribution in [0.2, 0.25) is 0 Å². The predicted molar refractivity (Wildman–Crippen MR) is 192 cm³/mol. The van der Waals surface area contributed by atoms with E-state index in [1.54, 1.807) is 0 Å². The number of benzene rings is 6. The SMILES string of the molecule is c1ccc(-c2ccc3ccc4ccc(-c5cccc(-c6nc7ccccc7c7c(-c8ccccc8)cccc67)c5)nc4c3n2)cc1. The zero-order valence-electron chi connectivity index (χ0n) is 24.9. The smallest absolute Gasteiger partial charge is 0.0972 e. The van der Waals surface area contributed by atoms with Gasteiger partial charge in [0.25, 0.3) is 0 Å². The minimum atomic E-state index is 0.903. The molecule has 3 heterocycles. The van der Waals surface area contributed by atoms with Crippen molar-refractivity contribution in [2.75, 3.05) is 0 Å². The van der Waals surface area contributed by atoms with Gasteiger partial charge >= 0.3 is 0 Å². The zero-order valence-corrected chi connectivity index (χ0v) is 24.9. The Labute approximate surface area is 266 Å². The van der Waals surface area contributed by atoms with Crippen LogP contribution in [0.25, 0.3) is 88.4 Å². The molecule has 0 aliphatic heterocycles. The highest BCUT2D eigenvalue weighted by atomic mass is 14.8. The molecule has 6 aromatic carbocycles. The van der Waals surface area contributed by atoms with Gasteiger partial charge < -0.3 is 0 Å². The normalized spacial score (nSPS) is 11.5. The van der Waals surface area contributed by atoms with Crippen molar-refractivity contribution in [2.24, 2.45) is 0 Å². The summed E-state index contributed by atoms with van der Waals surface area (Å²) >= 11 is 0. The summed E-state index contributed by atoms with van der Waals surface area (Å²) in [6, 6.07) is 57.2. The number of rotatable bonds is 4. The topological polar surface area (TPSA) is 38.7 Å². The van der Waals surface area contributed by atoms with Gasteiger partial charge in [-0.1, -0.05) is 140 Å². The minimum absolute atomic E-state index is 0.903. The molecule has 46 heavy (non-hydrogen) atoms. The molecule has 0 N–H and O–H groups in total. The van der Waals surface area contributed by atoms with Crippen molar-refractivity contribution < 1.29 is 0 Å². The van der Waals surface area contributed by atoms with Gasteiger partial charge in [0.05, 0.1) is 33.6 Å². The van der Waals surface area contributed by atoms with Crippen LogP contribution in [0.4, 0.5) is 0 Å². The molecule has 0 radical (unpaired) electrons. The number of fused-ring (bicyclic) bond motifs is 6. The zero-order chi connectivity index (χ0) is 30.5. The van der Waals surface area contributed by atoms with Gasteiger partial charge in [-0.15, -0.1) is 0 Å². The van der Waals surface area contributed by atoms with Gasteiger partial charge in [-0.2, -0.15) is 0 Å². The predicted octanol–water partition coefficient (Wildman–Crippen LogP) is 11.2. The lowest BCUT2D eigenvalue weighted by atomic mass is 9.92. The standard InChI is InChI=1S/C43H27N3/c1-3-11-28(12-4-1)34-18-10-19-36-40(34)35-17-7-8-20-39(35)46-41(36)33-16-9-15-32(27-33)38-26-24-31-22-21-30-23-25-37(29-13-5-2-6-14-29)44-42(30)43(31)45-38/h1-27H. The third-order valence-electron chi connectivity index (χ3n) is 8.83. The summed E-state index contributed by atoms with van der Waals surface area (Å²) < 4.78 is 0. The van der Waals surface area contributed by atoms with Crippen molar-refractivity contribution in [2.45, 2.75) is 0 Å². The Morgan fingerprint density at radius 1 is 0.348 bits per heavy atom. The van der Waals surface area contributed by atoms with E-state index < -0.39 is 0 Å². The Balaban J connectivity index is 1.22. The second-order valence-electron chi connectivity index (χ2n) is 11.6. The number of pyridine rings is 3. The Kier molecular flexibility index (Phi) is 6.14. The Bertz CT molecular complexity index is 2570. The van der Waals surface area contributed by atoms with Gasteiger partial charge in [0.2, 0.25) is 0 Å². The second kappa shape index (κ2) is 10.8. The maximum absolute atomic E-state index is 5.24. The van der Waals surface area contributed by atoms with Crippen LogP contribution in [0.1, 0.15) is 0 Å². The summed E-state index contributed by atoms with van der Waals surface area (Å²) in [4.78, 5) is 15.6. The fourth-order valence-corrected chi connectivity index (χ4v) is 6.61. The molecule has 0 unspecified atom stereocenters. The van der Waals surface area contributed by atoms with Crippen LogP contribution >= 0.6 is 0 Å². The molecule has 214 valence electrons. The van der Waals surface area contributed by atoms with Crippen molar-refractivity contribution >= 4 is 43.5 Å². The van der Waals surface area contributed by atoms with Crippen molar-refractivity contribution in [3.63, 3.8) is 0 Å². The largest absolute Gasteiger partial charge is 0.247 e. The molecule has 3 aromatic heterocycles. The summed E-state index contributed by atoms with van der Waals surface area (Å²) in [5.74, 6) is 0. The van der Waals surface area contributed by atoms with E-state index in [-0.39, 0.29) is 0 Å². The molecule has 0 aliphatic carbocycles. The van der Waals surface area contributed by atoms with E-state index in [2.05, 4.69) is 146 Å². The highest BCUT2D eigenvalue weighted by Crippen LogP contribution is 2.39. The number of para-hydroxylation sites is 1. The molecule has 0 atom stereocenters. The first-order chi connectivity index (χ1) is 22.8. The van der Waals surface area contributed by atoms with Crippen LogP contribution in [0.3, 0.4) is 0 Å². The first kappa shape index (κ1) is 26.2. The van der Waals surface area contributed by atoms with Crippen LogP contribution in [0.5, 0.6) is 0 Å². The van der Waals surface area contributed by atoms with E-state index >= 15 is 0 Å². The van der Waals surface area contributed by atoms with Crippen molar-refractivity contribution in [3.05, 3.63) is 164 Å². The number of aromatic nitrogens is 3. The third kappa shape index (κ3) is 4.41. The second-order valence-corrected chi connectivity index (χ2v) is 11.6. The maximum Gasteiger partial charge on any atom is 0.0972 e. The molecule has 3 nitrogen and oxygen atoms in total. The van der Waals surface area contributed by atoms with E-state index in [4.69, 9.17) is 15.0 Å². The summed E-state index contributed by atoms with van der Waals surface area (Å²) in [5, 5.41) is 5.65. The molecule has 0 saturated heterocycles. The summed E-state index contributed by atoms with van der Waals surface area (Å²) in [6.07, 6.45) is 0. The molecule has 3 heteroatoms. The van der Waals surface area contributed by atoms with Crippen molar-refractivity contribution in [1.82, 2.24) is 15.0 Å². The molecule has 0 spiro atoms. The average molecular weight is 586 g/mol. The molecular formula is C43H27N3. The number of nitrogens with zero attached hydrogens (tertiary/aromatic N) is 3. The molecule has 0 aliphatic rings. The van der Waals surface area contributed by atoms with Gasteiger partial charge in [-0.05, 0) is 35.4 Å². The minimum Gasteiger partial charge on any atom is -0.247 e. The molecule has 0 fully saturated rings. The van der Waals surface area contributed by atoms with Gasteiger partial charge in [-0.25, -0.2) is 15.0 Å². The summed E-state index contributed by atoms with van der Waals surface area (Å²) in [5.41, 5.74) is 11.2. The Hall–Kier alpha value is -6.19. The van der Waals surface area contributed by atoms with E-state index in [0.29, 0.717) is 0 Å². The Morgan fingerprint density at radius 2 is 0.891 bits per heavy atom. The number of hydrogen-bond donors (Lipinski definition) is 0. The van der Waals surface area contributed by atoms with E-state index in [9.17, 15) is 0 Å². The summed E-state index contributed by atoms with van der Waals surface area (Å²) in [7, 11) is 0. The first-order valence-corrected chi connectivity index (χ1v) is 15.5. The van der Waals surface area contributed by atoms with Crippen molar-refractivity contribution in [1.29, 1.82) is 0 Å². The van der Waals surface area contributed by atoms with Gasteiger partial charge in [0.1, 0.15) is 0 Å². The third-order valence-corrected chi connectivity index (χ3v) is 8.83. The van der Waals surface area contributed by atoms with Crippen LogP contribution in [-0.2, 0) is 0 Å². The maximum atomic E-state index is 5.24. The van der Waals surface area contributed by atoms with E-state index in [1.165, 1.54) is 16.5 Å². The molecule has 0 saturated carbocycles. The van der Waals surface area contributed by atoms with Crippen LogP contribution in [-0.4, -0.2) is 15.0 Å². The fraction of sp³-hybridized carbons (Fsp3) is 0. The first-order valence-electron chi connectivity index (χ1n) is 15.5. The molecule has 9 rings (SSSR count). The Morgan fingerprint density at radius 3 is 1.63 bits per heavy atom. The van der Waals surface area contributed by atoms with Crippen LogP contribution in [0, 0.1) is 0 Å².